The molecule has 1 atom stereocenters. The highest BCUT2D eigenvalue weighted by Crippen LogP contribution is 2.34. The maximum absolute atomic E-state index is 12.4. The number of ether oxygens (including phenoxy) is 4. The van der Waals surface area contributed by atoms with Crippen LogP contribution in [0.15, 0.2) is 12.1 Å². The molecule has 138 valence electrons. The van der Waals surface area contributed by atoms with Gasteiger partial charge in [-0.3, -0.25) is 4.79 Å². The van der Waals surface area contributed by atoms with Crippen molar-refractivity contribution in [2.45, 2.75) is 32.2 Å². The van der Waals surface area contributed by atoms with Gasteiger partial charge in [0.1, 0.15) is 11.3 Å². The van der Waals surface area contributed by atoms with E-state index in [1.807, 2.05) is 6.92 Å². The second-order valence-corrected chi connectivity index (χ2v) is 5.92. The van der Waals surface area contributed by atoms with Crippen molar-refractivity contribution in [3.8, 4) is 17.2 Å². The molecule has 1 aliphatic heterocycles. The van der Waals surface area contributed by atoms with Gasteiger partial charge in [0.25, 0.3) is 5.91 Å². The first kappa shape index (κ1) is 18.9. The minimum absolute atomic E-state index is 0.176. The van der Waals surface area contributed by atoms with Gasteiger partial charge in [-0.25, -0.2) is 4.79 Å². The Labute approximate surface area is 147 Å². The Morgan fingerprint density at radius 2 is 1.68 bits per heavy atom. The summed E-state index contributed by atoms with van der Waals surface area (Å²) < 4.78 is 20.8. The van der Waals surface area contributed by atoms with Gasteiger partial charge in [-0.2, -0.15) is 0 Å². The summed E-state index contributed by atoms with van der Waals surface area (Å²) in [6.07, 6.45) is 3.07. The SMILES string of the molecule is COc1cc(OC)c(C(=O)OCC(=O)N2CCCC[C@H]2C)cc1OC. The first-order valence-corrected chi connectivity index (χ1v) is 8.28. The maximum atomic E-state index is 12.4. The lowest BCUT2D eigenvalue weighted by molar-refractivity contribution is -0.137. The van der Waals surface area contributed by atoms with Gasteiger partial charge in [0.05, 0.1) is 21.3 Å². The van der Waals surface area contributed by atoms with Crippen LogP contribution < -0.4 is 14.2 Å². The molecular weight excluding hydrogens is 326 g/mol. The fourth-order valence-electron chi connectivity index (χ4n) is 2.95. The van der Waals surface area contributed by atoms with Crippen molar-refractivity contribution in [3.05, 3.63) is 17.7 Å². The molecule has 25 heavy (non-hydrogen) atoms. The van der Waals surface area contributed by atoms with Crippen molar-refractivity contribution in [2.24, 2.45) is 0 Å². The summed E-state index contributed by atoms with van der Waals surface area (Å²) in [6.45, 7) is 2.42. The highest BCUT2D eigenvalue weighted by molar-refractivity contribution is 5.95. The van der Waals surface area contributed by atoms with E-state index in [9.17, 15) is 9.59 Å². The van der Waals surface area contributed by atoms with Crippen molar-refractivity contribution < 1.29 is 28.5 Å². The van der Waals surface area contributed by atoms with Crippen LogP contribution in [0.2, 0.25) is 0 Å². The molecule has 1 fully saturated rings. The normalized spacial score (nSPS) is 17.0. The van der Waals surface area contributed by atoms with E-state index in [0.717, 1.165) is 19.3 Å². The van der Waals surface area contributed by atoms with Crippen LogP contribution in [0.25, 0.3) is 0 Å². The first-order chi connectivity index (χ1) is 12.0. The number of hydrogen-bond acceptors (Lipinski definition) is 6. The summed E-state index contributed by atoms with van der Waals surface area (Å²) >= 11 is 0. The topological polar surface area (TPSA) is 74.3 Å². The standard InChI is InChI=1S/C18H25NO6/c1-12-7-5-6-8-19(12)17(20)11-25-18(21)13-9-15(23-3)16(24-4)10-14(13)22-2/h9-10,12H,5-8,11H2,1-4H3/t12-/m1/s1. The molecule has 0 aliphatic carbocycles. The van der Waals surface area contributed by atoms with E-state index in [2.05, 4.69) is 0 Å². The first-order valence-electron chi connectivity index (χ1n) is 8.28. The Morgan fingerprint density at radius 3 is 2.28 bits per heavy atom. The summed E-state index contributed by atoms with van der Waals surface area (Å²) in [5.41, 5.74) is 0.180. The molecule has 0 spiro atoms. The van der Waals surface area contributed by atoms with Crippen LogP contribution in [0.1, 0.15) is 36.5 Å². The molecule has 1 amide bonds. The molecule has 1 aliphatic rings. The van der Waals surface area contributed by atoms with E-state index >= 15 is 0 Å². The van der Waals surface area contributed by atoms with Crippen LogP contribution >= 0.6 is 0 Å². The zero-order valence-corrected chi connectivity index (χ0v) is 15.2. The van der Waals surface area contributed by atoms with Crippen molar-refractivity contribution in [1.29, 1.82) is 0 Å². The van der Waals surface area contributed by atoms with E-state index in [0.29, 0.717) is 23.8 Å². The number of nitrogens with zero attached hydrogens (tertiary/aromatic N) is 1. The molecule has 2 rings (SSSR count). The highest BCUT2D eigenvalue weighted by atomic mass is 16.5. The molecule has 1 aromatic carbocycles. The van der Waals surface area contributed by atoms with Gasteiger partial charge < -0.3 is 23.8 Å². The number of hydrogen-bond donors (Lipinski definition) is 0. The van der Waals surface area contributed by atoms with Crippen LogP contribution in [-0.2, 0) is 9.53 Å². The van der Waals surface area contributed by atoms with E-state index in [4.69, 9.17) is 18.9 Å². The van der Waals surface area contributed by atoms with E-state index in [1.165, 1.54) is 27.4 Å². The number of carbonyl (C=O) groups is 2. The number of benzene rings is 1. The number of piperidine rings is 1. The average Bonchev–Trinajstić information content (AvgIpc) is 2.64. The highest BCUT2D eigenvalue weighted by Gasteiger charge is 2.25. The zero-order chi connectivity index (χ0) is 18.4. The Hall–Kier alpha value is -2.44. The maximum Gasteiger partial charge on any atom is 0.342 e. The third-order valence-corrected chi connectivity index (χ3v) is 4.38. The molecule has 0 saturated carbocycles. The molecule has 1 saturated heterocycles. The molecule has 1 heterocycles. The van der Waals surface area contributed by atoms with Gasteiger partial charge in [0.2, 0.25) is 0 Å². The monoisotopic (exact) mass is 351 g/mol. The predicted octanol–water partition coefficient (Wildman–Crippen LogP) is 2.27. The summed E-state index contributed by atoms with van der Waals surface area (Å²) in [7, 11) is 4.41. The Morgan fingerprint density at radius 1 is 1.04 bits per heavy atom. The van der Waals surface area contributed by atoms with Crippen LogP contribution in [0.3, 0.4) is 0 Å². The molecule has 0 bridgehead atoms. The lowest BCUT2D eigenvalue weighted by atomic mass is 10.0. The predicted molar refractivity (Wildman–Crippen MR) is 91.4 cm³/mol. The summed E-state index contributed by atoms with van der Waals surface area (Å²) in [5, 5.41) is 0. The molecule has 0 aromatic heterocycles. The van der Waals surface area contributed by atoms with Gasteiger partial charge in [-0.05, 0) is 26.2 Å². The number of methoxy groups -OCH3 is 3. The lowest BCUT2D eigenvalue weighted by Crippen LogP contribution is -2.44. The fourth-order valence-corrected chi connectivity index (χ4v) is 2.95. The van der Waals surface area contributed by atoms with E-state index < -0.39 is 5.97 Å². The molecule has 7 heteroatoms. The number of esters is 1. The minimum Gasteiger partial charge on any atom is -0.496 e. The summed E-state index contributed by atoms with van der Waals surface area (Å²) in [5.74, 6) is 0.289. The second kappa shape index (κ2) is 8.60. The summed E-state index contributed by atoms with van der Waals surface area (Å²) in [6, 6.07) is 3.20. The van der Waals surface area contributed by atoms with Gasteiger partial charge in [0.15, 0.2) is 18.1 Å². The third kappa shape index (κ3) is 4.35. The minimum atomic E-state index is -0.643. The van der Waals surface area contributed by atoms with Crippen molar-refractivity contribution in [3.63, 3.8) is 0 Å². The third-order valence-electron chi connectivity index (χ3n) is 4.38. The second-order valence-electron chi connectivity index (χ2n) is 5.92. The van der Waals surface area contributed by atoms with Crippen LogP contribution in [0.5, 0.6) is 17.2 Å². The quantitative estimate of drug-likeness (QED) is 0.732. The van der Waals surface area contributed by atoms with E-state index in [-0.39, 0.29) is 24.1 Å². The fraction of sp³-hybridized carbons (Fsp3) is 0.556. The molecular formula is C18H25NO6. The number of likely N-dealkylation sites (tertiary alicyclic amines) is 1. The number of amides is 1. The molecule has 0 radical (unpaired) electrons. The Kier molecular flexibility index (Phi) is 6.50. The Balaban J connectivity index is 2.08. The largest absolute Gasteiger partial charge is 0.496 e. The number of rotatable bonds is 6. The summed E-state index contributed by atoms with van der Waals surface area (Å²) in [4.78, 5) is 26.5. The Bertz CT molecular complexity index is 630. The van der Waals surface area contributed by atoms with Crippen molar-refractivity contribution >= 4 is 11.9 Å². The molecule has 0 N–H and O–H groups in total. The van der Waals surface area contributed by atoms with Crippen LogP contribution in [0, 0.1) is 0 Å². The van der Waals surface area contributed by atoms with Gasteiger partial charge in [-0.1, -0.05) is 0 Å². The molecule has 7 nitrogen and oxygen atoms in total. The molecule has 1 aromatic rings. The van der Waals surface area contributed by atoms with E-state index in [1.54, 1.807) is 11.0 Å². The zero-order valence-electron chi connectivity index (χ0n) is 15.2. The smallest absolute Gasteiger partial charge is 0.342 e. The van der Waals surface area contributed by atoms with Gasteiger partial charge in [-0.15, -0.1) is 0 Å². The molecule has 0 unspecified atom stereocenters. The van der Waals surface area contributed by atoms with Crippen LogP contribution in [-0.4, -0.2) is 57.3 Å². The van der Waals surface area contributed by atoms with Crippen molar-refractivity contribution in [2.75, 3.05) is 34.5 Å². The average molecular weight is 351 g/mol. The lowest BCUT2D eigenvalue weighted by Gasteiger charge is -2.33. The van der Waals surface area contributed by atoms with Crippen LogP contribution in [0.4, 0.5) is 0 Å². The van der Waals surface area contributed by atoms with Gasteiger partial charge >= 0.3 is 5.97 Å². The van der Waals surface area contributed by atoms with Crippen molar-refractivity contribution in [1.82, 2.24) is 4.90 Å². The van der Waals surface area contributed by atoms with Gasteiger partial charge in [0, 0.05) is 24.7 Å². The number of carbonyl (C=O) groups excluding carboxylic acids is 2.